The minimum absolute atomic E-state index is 0.0354. The second-order valence-corrected chi connectivity index (χ2v) is 5.40. The van der Waals surface area contributed by atoms with Crippen LogP contribution in [0.15, 0.2) is 24.3 Å². The summed E-state index contributed by atoms with van der Waals surface area (Å²) in [4.78, 5) is 14.3. The lowest BCUT2D eigenvalue weighted by Crippen LogP contribution is -2.48. The Bertz CT molecular complexity index is 551. The molecule has 1 heterocycles. The molecule has 1 aromatic rings. The fourth-order valence-corrected chi connectivity index (χ4v) is 2.66. The molecule has 1 aliphatic rings. The smallest absolute Gasteiger partial charge is 0.263 e. The van der Waals surface area contributed by atoms with Gasteiger partial charge in [-0.25, -0.2) is 0 Å². The summed E-state index contributed by atoms with van der Waals surface area (Å²) >= 11 is 0. The van der Waals surface area contributed by atoms with Crippen molar-refractivity contribution < 1.29 is 14.3 Å². The molecule has 2 atom stereocenters. The molecule has 22 heavy (non-hydrogen) atoms. The molecule has 1 fully saturated rings. The third-order valence-corrected chi connectivity index (χ3v) is 3.72. The lowest BCUT2D eigenvalue weighted by molar-refractivity contribution is -0.142. The molecule has 0 spiro atoms. The Kier molecular flexibility index (Phi) is 5.79. The maximum Gasteiger partial charge on any atom is 0.263 e. The van der Waals surface area contributed by atoms with Crippen LogP contribution >= 0.6 is 0 Å². The molecule has 1 saturated heterocycles. The predicted octanol–water partition coefficient (Wildman–Crippen LogP) is 2.35. The van der Waals surface area contributed by atoms with E-state index in [4.69, 9.17) is 14.7 Å². The van der Waals surface area contributed by atoms with E-state index in [9.17, 15) is 4.79 Å². The van der Waals surface area contributed by atoms with E-state index in [1.807, 2.05) is 11.8 Å². The van der Waals surface area contributed by atoms with Gasteiger partial charge in [-0.2, -0.15) is 5.26 Å². The van der Waals surface area contributed by atoms with Crippen molar-refractivity contribution in [2.24, 2.45) is 0 Å². The number of piperidine rings is 1. The van der Waals surface area contributed by atoms with Gasteiger partial charge in [-0.3, -0.25) is 4.79 Å². The molecule has 1 aliphatic heterocycles. The SMILES string of the molecule is CCO[C@H]1CCCN(C(=O)[C@@H](C)Oc2cccc(C#N)c2)C1. The van der Waals surface area contributed by atoms with E-state index in [1.54, 1.807) is 31.2 Å². The van der Waals surface area contributed by atoms with Gasteiger partial charge in [0.2, 0.25) is 0 Å². The van der Waals surface area contributed by atoms with Gasteiger partial charge in [0, 0.05) is 19.7 Å². The number of hydrogen-bond acceptors (Lipinski definition) is 4. The number of nitriles is 1. The minimum Gasteiger partial charge on any atom is -0.481 e. The Morgan fingerprint density at radius 3 is 3.09 bits per heavy atom. The largest absolute Gasteiger partial charge is 0.481 e. The van der Waals surface area contributed by atoms with E-state index < -0.39 is 6.10 Å². The van der Waals surface area contributed by atoms with Crippen molar-refractivity contribution in [2.45, 2.75) is 38.9 Å². The van der Waals surface area contributed by atoms with E-state index in [0.717, 1.165) is 19.4 Å². The molecule has 1 aromatic carbocycles. The molecule has 0 aliphatic carbocycles. The highest BCUT2D eigenvalue weighted by Gasteiger charge is 2.28. The summed E-state index contributed by atoms with van der Waals surface area (Å²) in [5, 5.41) is 8.89. The Morgan fingerprint density at radius 2 is 2.36 bits per heavy atom. The quantitative estimate of drug-likeness (QED) is 0.837. The molecule has 0 radical (unpaired) electrons. The number of ether oxygens (including phenoxy) is 2. The third kappa shape index (κ3) is 4.22. The molecule has 2 rings (SSSR count). The number of carbonyl (C=O) groups excluding carboxylic acids is 1. The van der Waals surface area contributed by atoms with Crippen LogP contribution in [-0.2, 0) is 9.53 Å². The van der Waals surface area contributed by atoms with Gasteiger partial charge in [0.1, 0.15) is 5.75 Å². The van der Waals surface area contributed by atoms with Gasteiger partial charge in [-0.05, 0) is 44.9 Å². The van der Waals surface area contributed by atoms with Crippen LogP contribution in [-0.4, -0.2) is 42.7 Å². The van der Waals surface area contributed by atoms with E-state index in [0.29, 0.717) is 24.5 Å². The first kappa shape index (κ1) is 16.3. The lowest BCUT2D eigenvalue weighted by Gasteiger charge is -2.34. The average Bonchev–Trinajstić information content (AvgIpc) is 2.55. The highest BCUT2D eigenvalue weighted by Crippen LogP contribution is 2.18. The van der Waals surface area contributed by atoms with Crippen molar-refractivity contribution in [2.75, 3.05) is 19.7 Å². The summed E-state index contributed by atoms with van der Waals surface area (Å²) in [6.45, 7) is 5.74. The van der Waals surface area contributed by atoms with Gasteiger partial charge in [0.15, 0.2) is 6.10 Å². The first-order chi connectivity index (χ1) is 10.6. The van der Waals surface area contributed by atoms with Crippen LogP contribution in [0.25, 0.3) is 0 Å². The molecule has 0 saturated carbocycles. The number of nitrogens with zero attached hydrogens (tertiary/aromatic N) is 2. The van der Waals surface area contributed by atoms with Crippen molar-refractivity contribution in [3.05, 3.63) is 29.8 Å². The second-order valence-electron chi connectivity index (χ2n) is 5.40. The number of amides is 1. The van der Waals surface area contributed by atoms with Gasteiger partial charge in [0.25, 0.3) is 5.91 Å². The van der Waals surface area contributed by atoms with Crippen molar-refractivity contribution in [3.63, 3.8) is 0 Å². The van der Waals surface area contributed by atoms with Crippen molar-refractivity contribution in [1.29, 1.82) is 5.26 Å². The van der Waals surface area contributed by atoms with E-state index >= 15 is 0 Å². The number of likely N-dealkylation sites (tertiary alicyclic amines) is 1. The summed E-state index contributed by atoms with van der Waals surface area (Å²) in [5.74, 6) is 0.505. The first-order valence-electron chi connectivity index (χ1n) is 7.71. The van der Waals surface area contributed by atoms with Gasteiger partial charge in [-0.1, -0.05) is 6.07 Å². The lowest BCUT2D eigenvalue weighted by atomic mass is 10.1. The molecule has 1 amide bonds. The summed E-state index contributed by atoms with van der Waals surface area (Å²) in [7, 11) is 0. The zero-order valence-electron chi connectivity index (χ0n) is 13.1. The summed E-state index contributed by atoms with van der Waals surface area (Å²) in [6, 6.07) is 8.91. The standard InChI is InChI=1S/C17H22N2O3/c1-3-21-16-8-5-9-19(12-16)17(20)13(2)22-15-7-4-6-14(10-15)11-18/h4,6-7,10,13,16H,3,5,8-9,12H2,1-2H3/t13-,16+/m1/s1. The number of rotatable bonds is 5. The predicted molar refractivity (Wildman–Crippen MR) is 82.5 cm³/mol. The van der Waals surface area contributed by atoms with Gasteiger partial charge in [0.05, 0.1) is 17.7 Å². The molecule has 5 nitrogen and oxygen atoms in total. The molecule has 118 valence electrons. The van der Waals surface area contributed by atoms with Crippen molar-refractivity contribution in [3.8, 4) is 11.8 Å². The maximum absolute atomic E-state index is 12.5. The van der Waals surface area contributed by atoms with Crippen LogP contribution in [0.3, 0.4) is 0 Å². The first-order valence-corrected chi connectivity index (χ1v) is 7.71. The summed E-state index contributed by atoms with van der Waals surface area (Å²) < 4.78 is 11.3. The van der Waals surface area contributed by atoms with Gasteiger partial charge in [-0.15, -0.1) is 0 Å². The maximum atomic E-state index is 12.5. The fourth-order valence-electron chi connectivity index (χ4n) is 2.66. The van der Waals surface area contributed by atoms with Gasteiger partial charge >= 0.3 is 0 Å². The second kappa shape index (κ2) is 7.81. The Balaban J connectivity index is 1.95. The summed E-state index contributed by atoms with van der Waals surface area (Å²) in [5.41, 5.74) is 0.520. The molecule has 0 bridgehead atoms. The third-order valence-electron chi connectivity index (χ3n) is 3.72. The molecule has 0 aromatic heterocycles. The van der Waals surface area contributed by atoms with Crippen molar-refractivity contribution in [1.82, 2.24) is 4.90 Å². The normalized spacial score (nSPS) is 19.3. The van der Waals surface area contributed by atoms with Crippen LogP contribution in [0.5, 0.6) is 5.75 Å². The monoisotopic (exact) mass is 302 g/mol. The van der Waals surface area contributed by atoms with E-state index in [1.165, 1.54) is 0 Å². The fraction of sp³-hybridized carbons (Fsp3) is 0.529. The molecular formula is C17H22N2O3. The Morgan fingerprint density at radius 1 is 1.55 bits per heavy atom. The number of benzene rings is 1. The molecular weight excluding hydrogens is 280 g/mol. The highest BCUT2D eigenvalue weighted by atomic mass is 16.5. The number of carbonyl (C=O) groups is 1. The average molecular weight is 302 g/mol. The van der Waals surface area contributed by atoms with Crippen LogP contribution in [0, 0.1) is 11.3 Å². The Hall–Kier alpha value is -2.06. The molecule has 5 heteroatoms. The summed E-state index contributed by atoms with van der Waals surface area (Å²) in [6.07, 6.45) is 1.50. The van der Waals surface area contributed by atoms with Crippen LogP contribution in [0.4, 0.5) is 0 Å². The zero-order valence-corrected chi connectivity index (χ0v) is 13.1. The van der Waals surface area contributed by atoms with Gasteiger partial charge < -0.3 is 14.4 Å². The van der Waals surface area contributed by atoms with Crippen LogP contribution in [0.2, 0.25) is 0 Å². The molecule has 0 unspecified atom stereocenters. The highest BCUT2D eigenvalue weighted by molar-refractivity contribution is 5.81. The van der Waals surface area contributed by atoms with Crippen LogP contribution in [0.1, 0.15) is 32.3 Å². The van der Waals surface area contributed by atoms with Crippen molar-refractivity contribution >= 4 is 5.91 Å². The topological polar surface area (TPSA) is 62.6 Å². The number of hydrogen-bond donors (Lipinski definition) is 0. The minimum atomic E-state index is -0.575. The van der Waals surface area contributed by atoms with E-state index in [-0.39, 0.29) is 12.0 Å². The van der Waals surface area contributed by atoms with E-state index in [2.05, 4.69) is 6.07 Å². The van der Waals surface area contributed by atoms with Crippen LogP contribution < -0.4 is 4.74 Å². The molecule has 0 N–H and O–H groups in total. The Labute approximate surface area is 131 Å². The zero-order chi connectivity index (χ0) is 15.9.